The standard InChI is InChI=1S/C21H33N3O3/c1-17(25)23-19-10-7-11-20(16-19)27-15-14-22-13-6-5-12-21(26)24-18-8-3-2-4-9-18/h7,10-11,16,18,22H,2-6,8-9,12-15H2,1H3,(H,23,25)(H,24,26). The number of unbranched alkanes of at least 4 members (excludes halogenated alkanes) is 1. The second-order valence-corrected chi connectivity index (χ2v) is 7.17. The van der Waals surface area contributed by atoms with Crippen molar-refractivity contribution in [2.75, 3.05) is 25.0 Å². The highest BCUT2D eigenvalue weighted by atomic mass is 16.5. The fraction of sp³-hybridized carbons (Fsp3) is 0.619. The lowest BCUT2D eigenvalue weighted by atomic mass is 9.95. The summed E-state index contributed by atoms with van der Waals surface area (Å²) in [5.41, 5.74) is 0.736. The van der Waals surface area contributed by atoms with Crippen molar-refractivity contribution in [3.63, 3.8) is 0 Å². The number of carbonyl (C=O) groups is 2. The van der Waals surface area contributed by atoms with Gasteiger partial charge in [0.2, 0.25) is 11.8 Å². The summed E-state index contributed by atoms with van der Waals surface area (Å²) < 4.78 is 5.68. The van der Waals surface area contributed by atoms with Crippen LogP contribution >= 0.6 is 0 Å². The summed E-state index contributed by atoms with van der Waals surface area (Å²) in [7, 11) is 0. The Hall–Kier alpha value is -2.08. The summed E-state index contributed by atoms with van der Waals surface area (Å²) in [5.74, 6) is 0.841. The van der Waals surface area contributed by atoms with Gasteiger partial charge in [-0.1, -0.05) is 25.3 Å². The average molecular weight is 376 g/mol. The van der Waals surface area contributed by atoms with Crippen LogP contribution in [0, 0.1) is 0 Å². The Kier molecular flexibility index (Phi) is 9.69. The van der Waals surface area contributed by atoms with Crippen LogP contribution in [0.5, 0.6) is 5.75 Å². The molecule has 0 radical (unpaired) electrons. The highest BCUT2D eigenvalue weighted by Crippen LogP contribution is 2.18. The smallest absolute Gasteiger partial charge is 0.221 e. The van der Waals surface area contributed by atoms with Crippen LogP contribution in [0.1, 0.15) is 58.3 Å². The van der Waals surface area contributed by atoms with Gasteiger partial charge < -0.3 is 20.7 Å². The number of anilines is 1. The molecule has 0 unspecified atom stereocenters. The molecule has 2 amide bonds. The Bertz CT molecular complexity index is 586. The van der Waals surface area contributed by atoms with E-state index in [1.807, 2.05) is 24.3 Å². The Labute approximate surface area is 162 Å². The van der Waals surface area contributed by atoms with Gasteiger partial charge in [-0.2, -0.15) is 0 Å². The van der Waals surface area contributed by atoms with Gasteiger partial charge in [-0.25, -0.2) is 0 Å². The highest BCUT2D eigenvalue weighted by Gasteiger charge is 2.15. The monoisotopic (exact) mass is 375 g/mol. The average Bonchev–Trinajstić information content (AvgIpc) is 2.64. The van der Waals surface area contributed by atoms with Crippen molar-refractivity contribution in [2.24, 2.45) is 0 Å². The molecule has 0 saturated heterocycles. The molecular formula is C21H33N3O3. The summed E-state index contributed by atoms with van der Waals surface area (Å²) in [6, 6.07) is 7.77. The fourth-order valence-electron chi connectivity index (χ4n) is 3.32. The first-order valence-electron chi connectivity index (χ1n) is 10.1. The number of amides is 2. The summed E-state index contributed by atoms with van der Waals surface area (Å²) >= 11 is 0. The largest absolute Gasteiger partial charge is 0.492 e. The van der Waals surface area contributed by atoms with Gasteiger partial charge in [0.05, 0.1) is 0 Å². The fourth-order valence-corrected chi connectivity index (χ4v) is 3.32. The molecule has 150 valence electrons. The molecular weight excluding hydrogens is 342 g/mol. The van der Waals surface area contributed by atoms with Gasteiger partial charge in [0.15, 0.2) is 0 Å². The van der Waals surface area contributed by atoms with Crippen LogP contribution in [-0.4, -0.2) is 37.6 Å². The topological polar surface area (TPSA) is 79.5 Å². The minimum atomic E-state index is -0.0961. The Balaban J connectivity index is 1.46. The van der Waals surface area contributed by atoms with Crippen molar-refractivity contribution in [3.05, 3.63) is 24.3 Å². The molecule has 6 heteroatoms. The van der Waals surface area contributed by atoms with Crippen molar-refractivity contribution in [2.45, 2.75) is 64.3 Å². The number of rotatable bonds is 11. The van der Waals surface area contributed by atoms with Crippen molar-refractivity contribution < 1.29 is 14.3 Å². The first-order chi connectivity index (χ1) is 13.1. The van der Waals surface area contributed by atoms with Gasteiger partial charge in [0.1, 0.15) is 12.4 Å². The van der Waals surface area contributed by atoms with E-state index in [9.17, 15) is 9.59 Å². The Morgan fingerprint density at radius 1 is 1.11 bits per heavy atom. The van der Waals surface area contributed by atoms with Gasteiger partial charge in [-0.3, -0.25) is 9.59 Å². The third-order valence-electron chi connectivity index (χ3n) is 4.68. The SMILES string of the molecule is CC(=O)Nc1cccc(OCCNCCCCC(=O)NC2CCCCC2)c1. The number of hydrogen-bond acceptors (Lipinski definition) is 4. The molecule has 1 aromatic carbocycles. The van der Waals surface area contributed by atoms with Crippen LogP contribution in [0.15, 0.2) is 24.3 Å². The van der Waals surface area contributed by atoms with Crippen molar-refractivity contribution in [3.8, 4) is 5.75 Å². The molecule has 0 aliphatic heterocycles. The molecule has 0 spiro atoms. The summed E-state index contributed by atoms with van der Waals surface area (Å²) in [6.07, 6.45) is 8.58. The Morgan fingerprint density at radius 2 is 1.93 bits per heavy atom. The van der Waals surface area contributed by atoms with Crippen LogP contribution in [0.4, 0.5) is 5.69 Å². The number of nitrogens with one attached hydrogen (secondary N) is 3. The maximum Gasteiger partial charge on any atom is 0.221 e. The zero-order valence-electron chi connectivity index (χ0n) is 16.4. The lowest BCUT2D eigenvalue weighted by molar-refractivity contribution is -0.122. The van der Waals surface area contributed by atoms with Crippen LogP contribution < -0.4 is 20.7 Å². The van der Waals surface area contributed by atoms with Gasteiger partial charge in [-0.05, 0) is 44.4 Å². The molecule has 0 aromatic heterocycles. The maximum absolute atomic E-state index is 11.9. The number of benzene rings is 1. The lowest BCUT2D eigenvalue weighted by Crippen LogP contribution is -2.36. The predicted octanol–water partition coefficient (Wildman–Crippen LogP) is 3.23. The van der Waals surface area contributed by atoms with E-state index in [-0.39, 0.29) is 11.8 Å². The molecule has 6 nitrogen and oxygen atoms in total. The molecule has 2 rings (SSSR count). The zero-order chi connectivity index (χ0) is 19.3. The lowest BCUT2D eigenvalue weighted by Gasteiger charge is -2.22. The molecule has 1 aliphatic carbocycles. The van der Waals surface area contributed by atoms with Crippen molar-refractivity contribution in [1.29, 1.82) is 0 Å². The number of ether oxygens (including phenoxy) is 1. The molecule has 27 heavy (non-hydrogen) atoms. The van der Waals surface area contributed by atoms with E-state index >= 15 is 0 Å². The van der Waals surface area contributed by atoms with E-state index in [1.54, 1.807) is 0 Å². The third-order valence-corrected chi connectivity index (χ3v) is 4.68. The maximum atomic E-state index is 11.9. The number of carbonyl (C=O) groups excluding carboxylic acids is 2. The molecule has 0 bridgehead atoms. The quantitative estimate of drug-likeness (QED) is 0.519. The Morgan fingerprint density at radius 3 is 2.70 bits per heavy atom. The van der Waals surface area contributed by atoms with Crippen LogP contribution in [0.25, 0.3) is 0 Å². The molecule has 0 atom stereocenters. The summed E-state index contributed by atoms with van der Waals surface area (Å²) in [4.78, 5) is 23.0. The normalized spacial score (nSPS) is 14.6. The van der Waals surface area contributed by atoms with E-state index in [4.69, 9.17) is 4.74 Å². The molecule has 1 saturated carbocycles. The zero-order valence-corrected chi connectivity index (χ0v) is 16.4. The minimum Gasteiger partial charge on any atom is -0.492 e. The van der Waals surface area contributed by atoms with E-state index in [2.05, 4.69) is 16.0 Å². The van der Waals surface area contributed by atoms with Gasteiger partial charge >= 0.3 is 0 Å². The van der Waals surface area contributed by atoms with Crippen molar-refractivity contribution in [1.82, 2.24) is 10.6 Å². The summed E-state index contributed by atoms with van der Waals surface area (Å²) in [5, 5.41) is 9.23. The van der Waals surface area contributed by atoms with Crippen LogP contribution in [0.2, 0.25) is 0 Å². The predicted molar refractivity (Wildman–Crippen MR) is 108 cm³/mol. The molecule has 1 aliphatic rings. The second-order valence-electron chi connectivity index (χ2n) is 7.17. The van der Waals surface area contributed by atoms with E-state index in [0.717, 1.165) is 50.2 Å². The van der Waals surface area contributed by atoms with E-state index < -0.39 is 0 Å². The van der Waals surface area contributed by atoms with Gasteiger partial charge in [-0.15, -0.1) is 0 Å². The summed E-state index contributed by atoms with van der Waals surface area (Å²) in [6.45, 7) is 3.67. The van der Waals surface area contributed by atoms with Gasteiger partial charge in [0.25, 0.3) is 0 Å². The first kappa shape index (κ1) is 21.2. The number of hydrogen-bond donors (Lipinski definition) is 3. The van der Waals surface area contributed by atoms with Gasteiger partial charge in [0, 0.05) is 37.7 Å². The van der Waals surface area contributed by atoms with Crippen LogP contribution in [-0.2, 0) is 9.59 Å². The highest BCUT2D eigenvalue weighted by molar-refractivity contribution is 5.88. The minimum absolute atomic E-state index is 0.0961. The third kappa shape index (κ3) is 9.43. The molecule has 0 heterocycles. The molecule has 1 aromatic rings. The molecule has 3 N–H and O–H groups in total. The van der Waals surface area contributed by atoms with Crippen molar-refractivity contribution >= 4 is 17.5 Å². The van der Waals surface area contributed by atoms with E-state index in [0.29, 0.717) is 19.1 Å². The molecule has 1 fully saturated rings. The second kappa shape index (κ2) is 12.3. The van der Waals surface area contributed by atoms with Crippen LogP contribution in [0.3, 0.4) is 0 Å². The van der Waals surface area contributed by atoms with E-state index in [1.165, 1.54) is 26.2 Å². The first-order valence-corrected chi connectivity index (χ1v) is 10.1.